The van der Waals surface area contributed by atoms with Gasteiger partial charge in [-0.05, 0) is 35.2 Å². The van der Waals surface area contributed by atoms with Gasteiger partial charge in [0.1, 0.15) is 18.1 Å². The van der Waals surface area contributed by atoms with Gasteiger partial charge in [0, 0.05) is 18.3 Å². The van der Waals surface area contributed by atoms with Crippen molar-refractivity contribution in [2.45, 2.75) is 6.54 Å². The highest BCUT2D eigenvalue weighted by molar-refractivity contribution is 7.20. The quantitative estimate of drug-likeness (QED) is 0.617. The normalized spacial score (nSPS) is 12.6. The van der Waals surface area contributed by atoms with E-state index in [0.717, 1.165) is 15.6 Å². The molecule has 0 atom stereocenters. The van der Waals surface area contributed by atoms with Gasteiger partial charge in [-0.3, -0.25) is 4.79 Å². The van der Waals surface area contributed by atoms with Crippen LogP contribution in [0.1, 0.15) is 15.2 Å². The first-order chi connectivity index (χ1) is 13.6. The number of esters is 1. The van der Waals surface area contributed by atoms with E-state index >= 15 is 0 Å². The maximum Gasteiger partial charge on any atom is 0.348 e. The lowest BCUT2D eigenvalue weighted by Crippen LogP contribution is -2.30. The number of rotatable bonds is 5. The molecule has 1 aliphatic rings. The van der Waals surface area contributed by atoms with E-state index < -0.39 is 5.97 Å². The molecule has 0 radical (unpaired) electrons. The highest BCUT2D eigenvalue weighted by Crippen LogP contribution is 2.31. The SMILES string of the molecule is CN(Cc1ccc2c(c1)OCCO2)C(=O)COC(=O)c1cc2ccccc2s1. The Labute approximate surface area is 166 Å². The van der Waals surface area contributed by atoms with Gasteiger partial charge in [0.2, 0.25) is 0 Å². The molecule has 0 fully saturated rings. The zero-order chi connectivity index (χ0) is 19.5. The maximum atomic E-state index is 12.3. The summed E-state index contributed by atoms with van der Waals surface area (Å²) < 4.78 is 17.3. The number of benzene rings is 2. The molecule has 3 aromatic rings. The molecule has 0 N–H and O–H groups in total. The molecule has 0 unspecified atom stereocenters. The number of hydrogen-bond acceptors (Lipinski definition) is 6. The number of ether oxygens (including phenoxy) is 3. The molecule has 1 aliphatic heterocycles. The molecule has 0 saturated carbocycles. The average molecular weight is 397 g/mol. The molecule has 2 heterocycles. The molecule has 7 heteroatoms. The van der Waals surface area contributed by atoms with Crippen molar-refractivity contribution in [2.75, 3.05) is 26.9 Å². The van der Waals surface area contributed by atoms with Crippen LogP contribution < -0.4 is 9.47 Å². The lowest BCUT2D eigenvalue weighted by Gasteiger charge is -2.21. The monoisotopic (exact) mass is 397 g/mol. The van der Waals surface area contributed by atoms with E-state index in [1.165, 1.54) is 16.2 Å². The number of thiophene rings is 1. The van der Waals surface area contributed by atoms with E-state index in [2.05, 4.69) is 0 Å². The summed E-state index contributed by atoms with van der Waals surface area (Å²) in [6.07, 6.45) is 0. The van der Waals surface area contributed by atoms with Gasteiger partial charge in [0.05, 0.1) is 0 Å². The second kappa shape index (κ2) is 7.90. The van der Waals surface area contributed by atoms with Crippen molar-refractivity contribution in [3.8, 4) is 11.5 Å². The van der Waals surface area contributed by atoms with E-state index in [0.29, 0.717) is 36.1 Å². The summed E-state index contributed by atoms with van der Waals surface area (Å²) in [5.41, 5.74) is 0.913. The van der Waals surface area contributed by atoms with Crippen molar-refractivity contribution in [1.29, 1.82) is 0 Å². The molecule has 0 aliphatic carbocycles. The van der Waals surface area contributed by atoms with Gasteiger partial charge in [0.25, 0.3) is 5.91 Å². The third kappa shape index (κ3) is 3.94. The number of amides is 1. The van der Waals surface area contributed by atoms with E-state index in [-0.39, 0.29) is 12.5 Å². The molecule has 0 spiro atoms. The van der Waals surface area contributed by atoms with Crippen LogP contribution in [0, 0.1) is 0 Å². The lowest BCUT2D eigenvalue weighted by molar-refractivity contribution is -0.133. The number of hydrogen-bond donors (Lipinski definition) is 0. The second-order valence-electron chi connectivity index (χ2n) is 6.45. The Balaban J connectivity index is 1.33. The van der Waals surface area contributed by atoms with E-state index in [9.17, 15) is 9.59 Å². The molecule has 6 nitrogen and oxygen atoms in total. The van der Waals surface area contributed by atoms with Crippen LogP contribution in [0.2, 0.25) is 0 Å². The molecular formula is C21H19NO5S. The summed E-state index contributed by atoms with van der Waals surface area (Å²) in [6, 6.07) is 15.1. The molecule has 1 aromatic heterocycles. The lowest BCUT2D eigenvalue weighted by atomic mass is 10.2. The predicted molar refractivity (Wildman–Crippen MR) is 106 cm³/mol. The fourth-order valence-electron chi connectivity index (χ4n) is 2.94. The molecule has 28 heavy (non-hydrogen) atoms. The summed E-state index contributed by atoms with van der Waals surface area (Å²) in [6.45, 7) is 1.14. The van der Waals surface area contributed by atoms with E-state index in [1.807, 2.05) is 42.5 Å². The largest absolute Gasteiger partial charge is 0.486 e. The van der Waals surface area contributed by atoms with Crippen LogP contribution in [0.5, 0.6) is 11.5 Å². The highest BCUT2D eigenvalue weighted by Gasteiger charge is 2.17. The van der Waals surface area contributed by atoms with Crippen LogP contribution in [0.25, 0.3) is 10.1 Å². The first-order valence-electron chi connectivity index (χ1n) is 8.88. The van der Waals surface area contributed by atoms with E-state index in [1.54, 1.807) is 13.1 Å². The zero-order valence-corrected chi connectivity index (χ0v) is 16.2. The number of fused-ring (bicyclic) bond motifs is 2. The van der Waals surface area contributed by atoms with Gasteiger partial charge >= 0.3 is 5.97 Å². The van der Waals surface area contributed by atoms with Crippen LogP contribution in [0.3, 0.4) is 0 Å². The molecule has 4 rings (SSSR count). The Kier molecular flexibility index (Phi) is 5.16. The van der Waals surface area contributed by atoms with Gasteiger partial charge < -0.3 is 19.1 Å². The maximum absolute atomic E-state index is 12.3. The first kappa shape index (κ1) is 18.3. The van der Waals surface area contributed by atoms with Crippen LogP contribution in [0.15, 0.2) is 48.5 Å². The fraction of sp³-hybridized carbons (Fsp3) is 0.238. The van der Waals surface area contributed by atoms with Crippen molar-refractivity contribution in [3.63, 3.8) is 0 Å². The molecule has 2 aromatic carbocycles. The minimum absolute atomic E-state index is 0.274. The molecular weight excluding hydrogens is 378 g/mol. The zero-order valence-electron chi connectivity index (χ0n) is 15.3. The summed E-state index contributed by atoms with van der Waals surface area (Å²) in [5, 5.41) is 0.988. The summed E-state index contributed by atoms with van der Waals surface area (Å²) >= 11 is 1.36. The highest BCUT2D eigenvalue weighted by atomic mass is 32.1. The molecule has 1 amide bonds. The summed E-state index contributed by atoms with van der Waals surface area (Å²) in [7, 11) is 1.67. The van der Waals surface area contributed by atoms with Crippen molar-refractivity contribution < 1.29 is 23.8 Å². The van der Waals surface area contributed by atoms with Gasteiger partial charge in [-0.2, -0.15) is 0 Å². The van der Waals surface area contributed by atoms with Gasteiger partial charge in [-0.25, -0.2) is 4.79 Å². The van der Waals surface area contributed by atoms with Crippen LogP contribution >= 0.6 is 11.3 Å². The fourth-order valence-corrected chi connectivity index (χ4v) is 3.90. The summed E-state index contributed by atoms with van der Waals surface area (Å²) in [4.78, 5) is 26.6. The van der Waals surface area contributed by atoms with Crippen molar-refractivity contribution >= 4 is 33.3 Å². The molecule has 0 bridgehead atoms. The number of carbonyl (C=O) groups is 2. The van der Waals surface area contributed by atoms with Crippen molar-refractivity contribution in [3.05, 3.63) is 59.0 Å². The minimum atomic E-state index is -0.484. The Morgan fingerprint density at radius 3 is 2.68 bits per heavy atom. The number of carbonyl (C=O) groups excluding carboxylic acids is 2. The summed E-state index contributed by atoms with van der Waals surface area (Å²) in [5.74, 6) is 0.633. The van der Waals surface area contributed by atoms with Crippen molar-refractivity contribution in [1.82, 2.24) is 4.90 Å². The van der Waals surface area contributed by atoms with Crippen LogP contribution in [-0.2, 0) is 16.1 Å². The first-order valence-corrected chi connectivity index (χ1v) is 9.70. The van der Waals surface area contributed by atoms with Crippen LogP contribution in [0.4, 0.5) is 0 Å². The third-order valence-corrected chi connectivity index (χ3v) is 5.50. The Morgan fingerprint density at radius 1 is 1.07 bits per heavy atom. The Morgan fingerprint density at radius 2 is 1.86 bits per heavy atom. The second-order valence-corrected chi connectivity index (χ2v) is 7.54. The topological polar surface area (TPSA) is 65.1 Å². The van der Waals surface area contributed by atoms with Gasteiger partial charge in [-0.15, -0.1) is 11.3 Å². The Hall–Kier alpha value is -3.06. The third-order valence-electron chi connectivity index (χ3n) is 4.41. The van der Waals surface area contributed by atoms with Gasteiger partial charge in [0.15, 0.2) is 18.1 Å². The van der Waals surface area contributed by atoms with Crippen LogP contribution in [-0.4, -0.2) is 43.6 Å². The standard InChI is InChI=1S/C21H19NO5S/c1-22(12-14-6-7-16-17(10-14)26-9-8-25-16)20(23)13-27-21(24)19-11-15-4-2-3-5-18(15)28-19/h2-7,10-11H,8-9,12-13H2,1H3. The van der Waals surface area contributed by atoms with Gasteiger partial charge in [-0.1, -0.05) is 24.3 Å². The van der Waals surface area contributed by atoms with Crippen molar-refractivity contribution in [2.24, 2.45) is 0 Å². The molecule has 144 valence electrons. The number of likely N-dealkylation sites (N-methyl/N-ethyl adjacent to an activating group) is 1. The smallest absolute Gasteiger partial charge is 0.348 e. The number of nitrogens with zero attached hydrogens (tertiary/aromatic N) is 1. The van der Waals surface area contributed by atoms with E-state index in [4.69, 9.17) is 14.2 Å². The predicted octanol–water partition coefficient (Wildman–Crippen LogP) is 3.49. The minimum Gasteiger partial charge on any atom is -0.486 e. The molecule has 0 saturated heterocycles. The Bertz CT molecular complexity index is 996. The average Bonchev–Trinajstić information content (AvgIpc) is 3.16.